The summed E-state index contributed by atoms with van der Waals surface area (Å²) in [5.74, 6) is 0.689. The second kappa shape index (κ2) is 5.54. The molecule has 1 aliphatic rings. The van der Waals surface area contributed by atoms with Crippen molar-refractivity contribution in [3.8, 4) is 6.07 Å². The van der Waals surface area contributed by atoms with Crippen LogP contribution in [0.1, 0.15) is 32.3 Å². The molecule has 1 aromatic carbocycles. The lowest BCUT2D eigenvalue weighted by Gasteiger charge is -2.40. The number of rotatable bonds is 3. The maximum atomic E-state index is 9.79. The number of hydrogen-bond acceptors (Lipinski definition) is 2. The predicted octanol–water partition coefficient (Wildman–Crippen LogP) is 3.72. The van der Waals surface area contributed by atoms with Crippen molar-refractivity contribution >= 4 is 10.9 Å². The van der Waals surface area contributed by atoms with Crippen molar-refractivity contribution in [1.82, 2.24) is 9.88 Å². The highest BCUT2D eigenvalue weighted by Gasteiger charge is 2.35. The third-order valence-electron chi connectivity index (χ3n) is 4.81. The van der Waals surface area contributed by atoms with E-state index in [4.69, 9.17) is 0 Å². The molecular formula is C18H23N3. The first-order valence-corrected chi connectivity index (χ1v) is 7.84. The number of likely N-dealkylation sites (tertiary alicyclic amines) is 1. The van der Waals surface area contributed by atoms with E-state index in [1.165, 1.54) is 23.8 Å². The first-order chi connectivity index (χ1) is 10.1. The van der Waals surface area contributed by atoms with Crippen molar-refractivity contribution < 1.29 is 0 Å². The molecule has 2 aromatic rings. The molecule has 1 fully saturated rings. The summed E-state index contributed by atoms with van der Waals surface area (Å²) in [5, 5.41) is 11.0. The van der Waals surface area contributed by atoms with E-state index >= 15 is 0 Å². The van der Waals surface area contributed by atoms with Crippen molar-refractivity contribution in [2.45, 2.75) is 38.6 Å². The fraction of sp³-hybridized carbons (Fsp3) is 0.500. The van der Waals surface area contributed by atoms with Crippen molar-refractivity contribution in [3.05, 3.63) is 36.0 Å². The number of H-pyrrole nitrogens is 1. The van der Waals surface area contributed by atoms with Gasteiger partial charge in [0.05, 0.1) is 6.07 Å². The van der Waals surface area contributed by atoms with Crippen molar-refractivity contribution in [1.29, 1.82) is 5.26 Å². The number of nitrogens with zero attached hydrogens (tertiary/aromatic N) is 2. The van der Waals surface area contributed by atoms with Crippen LogP contribution in [0.3, 0.4) is 0 Å². The molecule has 3 rings (SSSR count). The van der Waals surface area contributed by atoms with Crippen molar-refractivity contribution in [2.75, 3.05) is 13.1 Å². The van der Waals surface area contributed by atoms with Crippen LogP contribution in [0.25, 0.3) is 10.9 Å². The van der Waals surface area contributed by atoms with Crippen LogP contribution in [-0.2, 0) is 6.42 Å². The van der Waals surface area contributed by atoms with Crippen LogP contribution in [0.15, 0.2) is 30.5 Å². The Bertz CT molecular complexity index is 666. The number of aromatic nitrogens is 1. The maximum Gasteiger partial charge on any atom is 0.110 e. The van der Waals surface area contributed by atoms with Gasteiger partial charge in [0.2, 0.25) is 0 Å². The van der Waals surface area contributed by atoms with Gasteiger partial charge < -0.3 is 4.98 Å². The Morgan fingerprint density at radius 2 is 2.24 bits per heavy atom. The summed E-state index contributed by atoms with van der Waals surface area (Å²) >= 11 is 0. The van der Waals surface area contributed by atoms with Crippen LogP contribution in [0, 0.1) is 17.2 Å². The number of piperidine rings is 1. The molecule has 2 unspecified atom stereocenters. The van der Waals surface area contributed by atoms with E-state index in [2.05, 4.69) is 54.2 Å². The monoisotopic (exact) mass is 281 g/mol. The third kappa shape index (κ3) is 2.69. The number of nitriles is 1. The van der Waals surface area contributed by atoms with Crippen molar-refractivity contribution in [3.63, 3.8) is 0 Å². The summed E-state index contributed by atoms with van der Waals surface area (Å²) in [6, 6.07) is 10.9. The van der Waals surface area contributed by atoms with Crippen molar-refractivity contribution in [2.24, 2.45) is 5.92 Å². The third-order valence-corrected chi connectivity index (χ3v) is 4.81. The lowest BCUT2D eigenvalue weighted by Crippen LogP contribution is -2.51. The molecule has 0 spiro atoms. The van der Waals surface area contributed by atoms with Crippen LogP contribution in [0.2, 0.25) is 0 Å². The Labute approximate surface area is 126 Å². The summed E-state index contributed by atoms with van der Waals surface area (Å²) in [6.45, 7) is 6.45. The minimum absolute atomic E-state index is 0.417. The van der Waals surface area contributed by atoms with Gasteiger partial charge in [0.25, 0.3) is 0 Å². The molecule has 0 radical (unpaired) electrons. The van der Waals surface area contributed by atoms with Crippen LogP contribution >= 0.6 is 0 Å². The molecule has 1 saturated heterocycles. The fourth-order valence-corrected chi connectivity index (χ4v) is 3.51. The van der Waals surface area contributed by atoms with Gasteiger partial charge in [-0.3, -0.25) is 4.90 Å². The quantitative estimate of drug-likeness (QED) is 0.931. The van der Waals surface area contributed by atoms with E-state index in [1.54, 1.807) is 0 Å². The number of benzene rings is 1. The first kappa shape index (κ1) is 14.2. The van der Waals surface area contributed by atoms with E-state index < -0.39 is 5.54 Å². The zero-order valence-electron chi connectivity index (χ0n) is 12.9. The van der Waals surface area contributed by atoms with Gasteiger partial charge in [0.15, 0.2) is 0 Å². The van der Waals surface area contributed by atoms with Gasteiger partial charge in [-0.2, -0.15) is 5.26 Å². The molecule has 1 N–H and O–H groups in total. The summed E-state index contributed by atoms with van der Waals surface area (Å²) in [4.78, 5) is 5.70. The molecule has 21 heavy (non-hydrogen) atoms. The Morgan fingerprint density at radius 1 is 1.43 bits per heavy atom. The smallest absolute Gasteiger partial charge is 0.110 e. The van der Waals surface area contributed by atoms with Gasteiger partial charge in [-0.1, -0.05) is 25.1 Å². The maximum absolute atomic E-state index is 9.79. The molecule has 0 saturated carbocycles. The normalized spacial score (nSPS) is 22.8. The lowest BCUT2D eigenvalue weighted by atomic mass is 9.88. The predicted molar refractivity (Wildman–Crippen MR) is 86.0 cm³/mol. The van der Waals surface area contributed by atoms with Gasteiger partial charge in [-0.05, 0) is 43.9 Å². The number of para-hydroxylation sites is 1. The zero-order chi connectivity index (χ0) is 14.9. The van der Waals surface area contributed by atoms with Crippen LogP contribution in [0.4, 0.5) is 0 Å². The second-order valence-electron chi connectivity index (χ2n) is 6.62. The van der Waals surface area contributed by atoms with Crippen LogP contribution < -0.4 is 0 Å². The molecule has 1 aromatic heterocycles. The highest BCUT2D eigenvalue weighted by atomic mass is 15.2. The molecule has 0 bridgehead atoms. The minimum atomic E-state index is -0.417. The van der Waals surface area contributed by atoms with Gasteiger partial charge >= 0.3 is 0 Å². The average molecular weight is 281 g/mol. The Kier molecular flexibility index (Phi) is 3.73. The number of fused-ring (bicyclic) bond motifs is 1. The summed E-state index contributed by atoms with van der Waals surface area (Å²) in [7, 11) is 0. The Balaban J connectivity index is 1.88. The first-order valence-electron chi connectivity index (χ1n) is 7.84. The highest BCUT2D eigenvalue weighted by molar-refractivity contribution is 5.83. The van der Waals surface area contributed by atoms with Crippen LogP contribution in [0.5, 0.6) is 0 Å². The SMILES string of the molecule is CC1CCCN(C(C)(C#N)Cc2c[nH]c3ccccc23)C1. The Morgan fingerprint density at radius 3 is 3.00 bits per heavy atom. The fourth-order valence-electron chi connectivity index (χ4n) is 3.51. The number of aromatic amines is 1. The molecule has 3 nitrogen and oxygen atoms in total. The molecule has 1 aliphatic heterocycles. The zero-order valence-corrected chi connectivity index (χ0v) is 12.9. The van der Waals surface area contributed by atoms with Gasteiger partial charge in [0.1, 0.15) is 5.54 Å². The van der Waals surface area contributed by atoms with Gasteiger partial charge in [-0.25, -0.2) is 0 Å². The Hall–Kier alpha value is -1.79. The number of hydrogen-bond donors (Lipinski definition) is 1. The molecule has 0 aliphatic carbocycles. The second-order valence-corrected chi connectivity index (χ2v) is 6.62. The van der Waals surface area contributed by atoms with E-state index in [-0.39, 0.29) is 0 Å². The van der Waals surface area contributed by atoms with E-state index in [1.807, 2.05) is 6.07 Å². The molecular weight excluding hydrogens is 258 g/mol. The molecule has 3 heteroatoms. The lowest BCUT2D eigenvalue weighted by molar-refractivity contribution is 0.0961. The summed E-state index contributed by atoms with van der Waals surface area (Å²) < 4.78 is 0. The van der Waals surface area contributed by atoms with Gasteiger partial charge in [-0.15, -0.1) is 0 Å². The molecule has 2 atom stereocenters. The average Bonchev–Trinajstić information content (AvgIpc) is 2.90. The summed E-state index contributed by atoms with van der Waals surface area (Å²) in [6.07, 6.45) is 5.32. The molecule has 2 heterocycles. The highest BCUT2D eigenvalue weighted by Crippen LogP contribution is 2.29. The van der Waals surface area contributed by atoms with Gasteiger partial charge in [0, 0.05) is 30.1 Å². The summed E-state index contributed by atoms with van der Waals surface area (Å²) in [5.41, 5.74) is 1.98. The topological polar surface area (TPSA) is 42.8 Å². The van der Waals surface area contributed by atoms with E-state index in [9.17, 15) is 5.26 Å². The minimum Gasteiger partial charge on any atom is -0.361 e. The largest absolute Gasteiger partial charge is 0.361 e. The molecule has 110 valence electrons. The van der Waals surface area contributed by atoms with E-state index in [0.717, 1.165) is 25.0 Å². The standard InChI is InChI=1S/C18H23N3/c1-14-6-5-9-21(12-14)18(2,13-19)10-15-11-20-17-8-4-3-7-16(15)17/h3-4,7-8,11,14,20H,5-6,9-10,12H2,1-2H3. The van der Waals surface area contributed by atoms with E-state index in [0.29, 0.717) is 5.92 Å². The van der Waals surface area contributed by atoms with Crippen LogP contribution in [-0.4, -0.2) is 28.5 Å². The molecule has 0 amide bonds. The number of nitrogens with one attached hydrogen (secondary N) is 1.